The second-order valence-electron chi connectivity index (χ2n) is 8.15. The van der Waals surface area contributed by atoms with Crippen molar-refractivity contribution in [3.8, 4) is 28.3 Å². The van der Waals surface area contributed by atoms with Crippen LogP contribution in [0.4, 0.5) is 0 Å². The Morgan fingerprint density at radius 3 is 2.84 bits per heavy atom. The third kappa shape index (κ3) is 2.93. The molecule has 2 N–H and O–H groups in total. The molecule has 1 aliphatic carbocycles. The third-order valence-electron chi connectivity index (χ3n) is 6.01. The number of fused-ring (bicyclic) bond motifs is 2. The van der Waals surface area contributed by atoms with E-state index >= 15 is 0 Å². The van der Waals surface area contributed by atoms with E-state index in [-0.39, 0.29) is 18.5 Å². The summed E-state index contributed by atoms with van der Waals surface area (Å²) in [7, 11) is 1.91. The number of rotatable bonds is 5. The molecule has 160 valence electrons. The average molecular weight is 427 g/mol. The highest BCUT2D eigenvalue weighted by Gasteiger charge is 2.27. The van der Waals surface area contributed by atoms with Crippen LogP contribution in [0.25, 0.3) is 28.0 Å². The third-order valence-corrected chi connectivity index (χ3v) is 6.01. The van der Waals surface area contributed by atoms with Crippen LogP contribution < -0.4 is 10.5 Å². The summed E-state index contributed by atoms with van der Waals surface area (Å²) < 4.78 is 9.93. The fourth-order valence-electron chi connectivity index (χ4n) is 4.21. The standard InChI is InChI=1S/C23H21N7O2/c1-29-22(19-6-7-21(32-14-3-4-14)20-11-25-12-30(19)20)17(10-26-29)13-2-5-15-16(8-13)18(9-24)27-28-23(15)31/h2,5-8,10-12,14,18H,3-4,9,24H2,1H3. The Labute approximate surface area is 183 Å². The van der Waals surface area contributed by atoms with E-state index in [0.29, 0.717) is 11.7 Å². The van der Waals surface area contributed by atoms with Gasteiger partial charge in [0, 0.05) is 24.7 Å². The van der Waals surface area contributed by atoms with Crippen LogP contribution in [0.3, 0.4) is 0 Å². The molecule has 0 radical (unpaired) electrons. The molecule has 0 bridgehead atoms. The van der Waals surface area contributed by atoms with E-state index in [9.17, 15) is 4.79 Å². The van der Waals surface area contributed by atoms with Gasteiger partial charge in [0.15, 0.2) is 0 Å². The number of hydrogen-bond donors (Lipinski definition) is 1. The Morgan fingerprint density at radius 2 is 2.03 bits per heavy atom. The highest BCUT2D eigenvalue weighted by atomic mass is 16.5. The molecule has 2 aliphatic rings. The van der Waals surface area contributed by atoms with Crippen LogP contribution in [0.5, 0.6) is 5.75 Å². The zero-order valence-corrected chi connectivity index (χ0v) is 17.5. The molecule has 1 aromatic carbocycles. The molecule has 9 nitrogen and oxygen atoms in total. The summed E-state index contributed by atoms with van der Waals surface area (Å²) in [6, 6.07) is 9.38. The number of imidazole rings is 1. The number of hydrogen-bond acceptors (Lipinski definition) is 6. The summed E-state index contributed by atoms with van der Waals surface area (Å²) in [5.41, 5.74) is 11.9. The maximum Gasteiger partial charge on any atom is 0.295 e. The van der Waals surface area contributed by atoms with Crippen molar-refractivity contribution in [3.05, 3.63) is 60.2 Å². The van der Waals surface area contributed by atoms with E-state index in [1.165, 1.54) is 0 Å². The molecule has 9 heteroatoms. The van der Waals surface area contributed by atoms with Crippen molar-refractivity contribution in [1.82, 2.24) is 19.2 Å². The maximum atomic E-state index is 12.2. The average Bonchev–Trinajstić information content (AvgIpc) is 3.33. The first-order valence-corrected chi connectivity index (χ1v) is 10.6. The molecule has 32 heavy (non-hydrogen) atoms. The van der Waals surface area contributed by atoms with Gasteiger partial charge in [0.05, 0.1) is 36.2 Å². The predicted octanol–water partition coefficient (Wildman–Crippen LogP) is 3.55. The monoisotopic (exact) mass is 427 g/mol. The van der Waals surface area contributed by atoms with E-state index in [2.05, 4.69) is 20.3 Å². The normalized spacial score (nSPS) is 17.7. The minimum atomic E-state index is -0.339. The molecule has 6 rings (SSSR count). The molecule has 1 amide bonds. The van der Waals surface area contributed by atoms with Crippen molar-refractivity contribution < 1.29 is 9.53 Å². The number of amides is 1. The van der Waals surface area contributed by atoms with Crippen LogP contribution >= 0.6 is 0 Å². The van der Waals surface area contributed by atoms with E-state index in [1.807, 2.05) is 52.8 Å². The minimum Gasteiger partial charge on any atom is -0.488 e. The molecule has 0 spiro atoms. The Hall–Kier alpha value is -3.85. The van der Waals surface area contributed by atoms with Gasteiger partial charge in [-0.1, -0.05) is 6.07 Å². The number of pyridine rings is 1. The first-order valence-electron chi connectivity index (χ1n) is 10.6. The van der Waals surface area contributed by atoms with Crippen molar-refractivity contribution in [1.29, 1.82) is 0 Å². The largest absolute Gasteiger partial charge is 0.488 e. The first-order chi connectivity index (χ1) is 15.6. The lowest BCUT2D eigenvalue weighted by Crippen LogP contribution is -2.17. The Bertz CT molecular complexity index is 1400. The number of aromatic nitrogens is 4. The maximum absolute atomic E-state index is 12.2. The number of ether oxygens (including phenoxy) is 1. The van der Waals surface area contributed by atoms with Gasteiger partial charge in [0.1, 0.15) is 17.3 Å². The van der Waals surface area contributed by atoms with E-state index in [0.717, 1.165) is 52.2 Å². The van der Waals surface area contributed by atoms with Gasteiger partial charge in [-0.2, -0.15) is 10.2 Å². The molecule has 1 saturated carbocycles. The van der Waals surface area contributed by atoms with Gasteiger partial charge in [-0.3, -0.25) is 13.9 Å². The van der Waals surface area contributed by atoms with Crippen molar-refractivity contribution in [2.75, 3.05) is 6.54 Å². The highest BCUT2D eigenvalue weighted by molar-refractivity contribution is 5.98. The van der Waals surface area contributed by atoms with Crippen LogP contribution in [0.2, 0.25) is 0 Å². The van der Waals surface area contributed by atoms with Crippen LogP contribution in [0, 0.1) is 0 Å². The molecular weight excluding hydrogens is 406 g/mol. The number of benzene rings is 1. The summed E-state index contributed by atoms with van der Waals surface area (Å²) in [5, 5.41) is 12.3. The smallest absolute Gasteiger partial charge is 0.295 e. The van der Waals surface area contributed by atoms with Crippen LogP contribution in [0.15, 0.2) is 59.3 Å². The van der Waals surface area contributed by atoms with Crippen molar-refractivity contribution in [2.24, 2.45) is 23.0 Å². The van der Waals surface area contributed by atoms with Gasteiger partial charge >= 0.3 is 0 Å². The quantitative estimate of drug-likeness (QED) is 0.523. The van der Waals surface area contributed by atoms with Crippen molar-refractivity contribution in [2.45, 2.75) is 25.0 Å². The van der Waals surface area contributed by atoms with E-state index in [1.54, 1.807) is 12.4 Å². The molecule has 4 aromatic rings. The zero-order chi connectivity index (χ0) is 21.8. The van der Waals surface area contributed by atoms with Gasteiger partial charge in [0.2, 0.25) is 0 Å². The molecule has 1 fully saturated rings. The lowest BCUT2D eigenvalue weighted by Gasteiger charge is -2.18. The Kier molecular flexibility index (Phi) is 4.19. The van der Waals surface area contributed by atoms with E-state index in [4.69, 9.17) is 10.5 Å². The van der Waals surface area contributed by atoms with Crippen LogP contribution in [-0.4, -0.2) is 37.7 Å². The SMILES string of the molecule is Cn1ncc(-c2ccc3c(c2)C(CN)N=NC3=O)c1-c1ccc(OC2CC2)c2cncn12. The number of nitrogens with two attached hydrogens (primary N) is 1. The summed E-state index contributed by atoms with van der Waals surface area (Å²) in [4.78, 5) is 16.5. The Balaban J connectivity index is 1.49. The zero-order valence-electron chi connectivity index (χ0n) is 17.5. The second kappa shape index (κ2) is 7.10. The van der Waals surface area contributed by atoms with Crippen molar-refractivity contribution >= 4 is 11.4 Å². The van der Waals surface area contributed by atoms with Gasteiger partial charge in [-0.05, 0) is 48.2 Å². The fraction of sp³-hybridized carbons (Fsp3) is 0.261. The lowest BCUT2D eigenvalue weighted by atomic mass is 9.93. The summed E-state index contributed by atoms with van der Waals surface area (Å²) >= 11 is 0. The molecule has 1 aliphatic heterocycles. The topological polar surface area (TPSA) is 112 Å². The molecular formula is C23H21N7O2. The fourth-order valence-corrected chi connectivity index (χ4v) is 4.21. The number of azo groups is 1. The van der Waals surface area contributed by atoms with Crippen LogP contribution in [-0.2, 0) is 7.05 Å². The number of carbonyl (C=O) groups is 1. The lowest BCUT2D eigenvalue weighted by molar-refractivity contribution is 0.0985. The molecule has 4 heterocycles. The minimum absolute atomic E-state index is 0.283. The van der Waals surface area contributed by atoms with E-state index < -0.39 is 0 Å². The Morgan fingerprint density at radius 1 is 1.16 bits per heavy atom. The summed E-state index contributed by atoms with van der Waals surface area (Å²) in [6.07, 6.45) is 7.93. The van der Waals surface area contributed by atoms with Gasteiger partial charge < -0.3 is 10.5 Å². The van der Waals surface area contributed by atoms with Crippen molar-refractivity contribution in [3.63, 3.8) is 0 Å². The predicted molar refractivity (Wildman–Crippen MR) is 117 cm³/mol. The second-order valence-corrected chi connectivity index (χ2v) is 8.15. The van der Waals surface area contributed by atoms with Crippen LogP contribution in [0.1, 0.15) is 34.8 Å². The highest BCUT2D eigenvalue weighted by Crippen LogP contribution is 2.38. The summed E-state index contributed by atoms with van der Waals surface area (Å²) in [6.45, 7) is 0.283. The number of aryl methyl sites for hydroxylation is 1. The number of carbonyl (C=O) groups excluding carboxylic acids is 1. The number of nitrogens with zero attached hydrogens (tertiary/aromatic N) is 6. The van der Waals surface area contributed by atoms with Gasteiger partial charge in [-0.15, -0.1) is 5.11 Å². The molecule has 0 saturated heterocycles. The van der Waals surface area contributed by atoms with Gasteiger partial charge in [0.25, 0.3) is 5.91 Å². The summed E-state index contributed by atoms with van der Waals surface area (Å²) in [5.74, 6) is 0.495. The first kappa shape index (κ1) is 18.9. The molecule has 1 unspecified atom stereocenters. The van der Waals surface area contributed by atoms with Gasteiger partial charge in [-0.25, -0.2) is 4.98 Å². The molecule has 3 aromatic heterocycles. The molecule has 1 atom stereocenters.